The highest BCUT2D eigenvalue weighted by atomic mass is 32.2. The SMILES string of the molecule is CCS(=O)(=O)N(C)c1ccc(C(=O)NCCc2ccc(OC)cc2)cc1. The predicted molar refractivity (Wildman–Crippen MR) is 103 cm³/mol. The normalized spacial score (nSPS) is 11.0. The molecule has 0 spiro atoms. The number of carbonyl (C=O) groups is 1. The van der Waals surface area contributed by atoms with Crippen molar-refractivity contribution >= 4 is 21.6 Å². The van der Waals surface area contributed by atoms with Crippen LogP contribution in [-0.2, 0) is 16.4 Å². The number of hydrogen-bond donors (Lipinski definition) is 1. The third kappa shape index (κ3) is 4.98. The molecule has 1 N–H and O–H groups in total. The van der Waals surface area contributed by atoms with Gasteiger partial charge >= 0.3 is 0 Å². The van der Waals surface area contributed by atoms with Gasteiger partial charge in [-0.1, -0.05) is 12.1 Å². The maximum Gasteiger partial charge on any atom is 0.251 e. The third-order valence-electron chi connectivity index (χ3n) is 4.13. The van der Waals surface area contributed by atoms with E-state index in [1.807, 2.05) is 24.3 Å². The molecule has 2 rings (SSSR count). The van der Waals surface area contributed by atoms with Gasteiger partial charge in [0.05, 0.1) is 18.6 Å². The fraction of sp³-hybridized carbons (Fsp3) is 0.316. The molecule has 0 unspecified atom stereocenters. The number of anilines is 1. The zero-order valence-corrected chi connectivity index (χ0v) is 16.0. The molecule has 0 aliphatic heterocycles. The number of amides is 1. The van der Waals surface area contributed by atoms with Crippen LogP contribution in [0.3, 0.4) is 0 Å². The fourth-order valence-electron chi connectivity index (χ4n) is 2.39. The molecule has 0 atom stereocenters. The highest BCUT2D eigenvalue weighted by Crippen LogP contribution is 2.17. The number of carbonyl (C=O) groups excluding carboxylic acids is 1. The summed E-state index contributed by atoms with van der Waals surface area (Å²) in [6.45, 7) is 2.10. The van der Waals surface area contributed by atoms with E-state index in [0.717, 1.165) is 11.3 Å². The van der Waals surface area contributed by atoms with E-state index < -0.39 is 10.0 Å². The van der Waals surface area contributed by atoms with Gasteiger partial charge in [0, 0.05) is 19.2 Å². The Morgan fingerprint density at radius 1 is 1.08 bits per heavy atom. The standard InChI is InChI=1S/C19H24N2O4S/c1-4-26(23,24)21(2)17-9-7-16(8-10-17)19(22)20-14-13-15-5-11-18(25-3)12-6-15/h5-12H,4,13-14H2,1-3H3,(H,20,22). The molecule has 0 aliphatic carbocycles. The molecule has 140 valence electrons. The van der Waals surface area contributed by atoms with Crippen LogP contribution in [0.4, 0.5) is 5.69 Å². The van der Waals surface area contributed by atoms with Crippen LogP contribution in [0.15, 0.2) is 48.5 Å². The fourth-order valence-corrected chi connectivity index (χ4v) is 3.22. The molecule has 2 aromatic carbocycles. The molecule has 0 radical (unpaired) electrons. The maximum atomic E-state index is 12.2. The van der Waals surface area contributed by atoms with E-state index in [1.165, 1.54) is 11.4 Å². The lowest BCUT2D eigenvalue weighted by atomic mass is 10.1. The van der Waals surface area contributed by atoms with E-state index >= 15 is 0 Å². The second kappa shape index (κ2) is 8.71. The first kappa shape index (κ1) is 19.8. The van der Waals surface area contributed by atoms with Gasteiger partial charge in [-0.2, -0.15) is 0 Å². The third-order valence-corrected chi connectivity index (χ3v) is 5.91. The van der Waals surface area contributed by atoms with Crippen LogP contribution >= 0.6 is 0 Å². The molecule has 0 heterocycles. The van der Waals surface area contributed by atoms with Crippen molar-refractivity contribution in [3.05, 3.63) is 59.7 Å². The number of benzene rings is 2. The average molecular weight is 376 g/mol. The van der Waals surface area contributed by atoms with Gasteiger partial charge < -0.3 is 10.1 Å². The maximum absolute atomic E-state index is 12.2. The van der Waals surface area contributed by atoms with Crippen LogP contribution in [0.2, 0.25) is 0 Å². The van der Waals surface area contributed by atoms with Crippen LogP contribution in [-0.4, -0.2) is 40.8 Å². The minimum Gasteiger partial charge on any atom is -0.497 e. The summed E-state index contributed by atoms with van der Waals surface area (Å²) in [6, 6.07) is 14.2. The Morgan fingerprint density at radius 2 is 1.69 bits per heavy atom. The number of methoxy groups -OCH3 is 1. The van der Waals surface area contributed by atoms with Crippen LogP contribution in [0, 0.1) is 0 Å². The van der Waals surface area contributed by atoms with Crippen molar-refractivity contribution in [3.8, 4) is 5.75 Å². The van der Waals surface area contributed by atoms with Gasteiger partial charge in [0.1, 0.15) is 5.75 Å². The number of hydrogen-bond acceptors (Lipinski definition) is 4. The lowest BCUT2D eigenvalue weighted by Gasteiger charge is -2.18. The molecular formula is C19H24N2O4S. The minimum absolute atomic E-state index is 0.0249. The quantitative estimate of drug-likeness (QED) is 0.768. The van der Waals surface area contributed by atoms with Crippen LogP contribution < -0.4 is 14.4 Å². The van der Waals surface area contributed by atoms with E-state index in [4.69, 9.17) is 4.74 Å². The second-order valence-electron chi connectivity index (χ2n) is 5.77. The number of rotatable bonds is 8. The van der Waals surface area contributed by atoms with Gasteiger partial charge in [0.2, 0.25) is 10.0 Å². The second-order valence-corrected chi connectivity index (χ2v) is 8.06. The minimum atomic E-state index is -3.31. The average Bonchev–Trinajstić information content (AvgIpc) is 2.68. The monoisotopic (exact) mass is 376 g/mol. The van der Waals surface area contributed by atoms with Crippen LogP contribution in [0.1, 0.15) is 22.8 Å². The van der Waals surface area contributed by atoms with Gasteiger partial charge in [-0.25, -0.2) is 8.42 Å². The molecule has 0 aromatic heterocycles. The first-order valence-corrected chi connectivity index (χ1v) is 9.96. The van der Waals surface area contributed by atoms with Crippen LogP contribution in [0.25, 0.3) is 0 Å². The molecule has 6 nitrogen and oxygen atoms in total. The number of nitrogens with zero attached hydrogens (tertiary/aromatic N) is 1. The molecule has 0 bridgehead atoms. The first-order chi connectivity index (χ1) is 12.4. The zero-order valence-electron chi connectivity index (χ0n) is 15.2. The van der Waals surface area contributed by atoms with Crippen LogP contribution in [0.5, 0.6) is 5.75 Å². The van der Waals surface area contributed by atoms with Gasteiger partial charge in [-0.15, -0.1) is 0 Å². The number of ether oxygens (including phenoxy) is 1. The summed E-state index contributed by atoms with van der Waals surface area (Å²) in [5, 5.41) is 2.86. The summed E-state index contributed by atoms with van der Waals surface area (Å²) in [5.74, 6) is 0.635. The van der Waals surface area contributed by atoms with Gasteiger partial charge in [-0.05, 0) is 55.3 Å². The molecular weight excluding hydrogens is 352 g/mol. The van der Waals surface area contributed by atoms with Crippen molar-refractivity contribution in [1.82, 2.24) is 5.32 Å². The zero-order chi connectivity index (χ0) is 19.2. The predicted octanol–water partition coefficient (Wildman–Crippen LogP) is 2.45. The molecule has 26 heavy (non-hydrogen) atoms. The molecule has 0 aliphatic rings. The summed E-state index contributed by atoms with van der Waals surface area (Å²) < 4.78 is 30.1. The number of nitrogens with one attached hydrogen (secondary N) is 1. The Bertz CT molecular complexity index is 831. The molecule has 0 fully saturated rings. The van der Waals surface area contributed by atoms with E-state index in [1.54, 1.807) is 38.3 Å². The Hall–Kier alpha value is -2.54. The van der Waals surface area contributed by atoms with Crippen molar-refractivity contribution in [3.63, 3.8) is 0 Å². The van der Waals surface area contributed by atoms with Gasteiger partial charge in [0.15, 0.2) is 0 Å². The smallest absolute Gasteiger partial charge is 0.251 e. The molecule has 2 aromatic rings. The highest BCUT2D eigenvalue weighted by Gasteiger charge is 2.16. The molecule has 0 saturated heterocycles. The van der Waals surface area contributed by atoms with Gasteiger partial charge in [-0.3, -0.25) is 9.10 Å². The Labute approximate surface area is 154 Å². The Morgan fingerprint density at radius 3 is 2.23 bits per heavy atom. The largest absolute Gasteiger partial charge is 0.497 e. The summed E-state index contributed by atoms with van der Waals surface area (Å²) in [5.41, 5.74) is 2.13. The Kier molecular flexibility index (Phi) is 6.63. The summed E-state index contributed by atoms with van der Waals surface area (Å²) in [4.78, 5) is 12.2. The van der Waals surface area contributed by atoms with E-state index in [0.29, 0.717) is 24.2 Å². The van der Waals surface area contributed by atoms with E-state index in [2.05, 4.69) is 5.32 Å². The molecule has 1 amide bonds. The lowest BCUT2D eigenvalue weighted by Crippen LogP contribution is -2.28. The van der Waals surface area contributed by atoms with Crippen molar-refractivity contribution in [2.45, 2.75) is 13.3 Å². The van der Waals surface area contributed by atoms with Crippen molar-refractivity contribution in [1.29, 1.82) is 0 Å². The summed E-state index contributed by atoms with van der Waals surface area (Å²) >= 11 is 0. The first-order valence-electron chi connectivity index (χ1n) is 8.35. The topological polar surface area (TPSA) is 75.7 Å². The van der Waals surface area contributed by atoms with E-state index in [-0.39, 0.29) is 11.7 Å². The molecule has 7 heteroatoms. The van der Waals surface area contributed by atoms with E-state index in [9.17, 15) is 13.2 Å². The Balaban J connectivity index is 1.91. The highest BCUT2D eigenvalue weighted by molar-refractivity contribution is 7.92. The lowest BCUT2D eigenvalue weighted by molar-refractivity contribution is 0.0954. The van der Waals surface area contributed by atoms with Crippen molar-refractivity contribution in [2.75, 3.05) is 30.8 Å². The summed E-state index contributed by atoms with van der Waals surface area (Å²) in [6.07, 6.45) is 0.714. The molecule has 0 saturated carbocycles. The van der Waals surface area contributed by atoms with Crippen molar-refractivity contribution in [2.24, 2.45) is 0 Å². The number of sulfonamides is 1. The van der Waals surface area contributed by atoms with Gasteiger partial charge in [0.25, 0.3) is 5.91 Å². The summed E-state index contributed by atoms with van der Waals surface area (Å²) in [7, 11) is -0.187. The van der Waals surface area contributed by atoms with Crippen molar-refractivity contribution < 1.29 is 17.9 Å².